The van der Waals surface area contributed by atoms with Gasteiger partial charge in [0.05, 0.1) is 5.56 Å². The van der Waals surface area contributed by atoms with E-state index in [0.29, 0.717) is 5.02 Å². The molecule has 1 aromatic carbocycles. The Bertz CT molecular complexity index is 557. The van der Waals surface area contributed by atoms with E-state index in [9.17, 15) is 13.2 Å². The van der Waals surface area contributed by atoms with E-state index in [4.69, 9.17) is 11.6 Å². The largest absolute Gasteiger partial charge is 0.416 e. The summed E-state index contributed by atoms with van der Waals surface area (Å²) in [5, 5.41) is 0.819. The topological polar surface area (TPSA) is 12.9 Å². The zero-order chi connectivity index (χ0) is 13.2. The summed E-state index contributed by atoms with van der Waals surface area (Å²) < 4.78 is 37.5. The Balaban J connectivity index is 2.25. The molecule has 0 N–H and O–H groups in total. The molecule has 0 atom stereocenters. The number of alkyl halides is 3. The van der Waals surface area contributed by atoms with Crippen LogP contribution >= 0.6 is 23.4 Å². The number of rotatable bonds is 2. The van der Waals surface area contributed by atoms with Gasteiger partial charge in [0.1, 0.15) is 5.03 Å². The summed E-state index contributed by atoms with van der Waals surface area (Å²) >= 11 is 6.94. The summed E-state index contributed by atoms with van der Waals surface area (Å²) in [7, 11) is 0. The van der Waals surface area contributed by atoms with Gasteiger partial charge in [-0.2, -0.15) is 13.2 Å². The van der Waals surface area contributed by atoms with Crippen molar-refractivity contribution in [3.05, 3.63) is 53.2 Å². The third-order valence-electron chi connectivity index (χ3n) is 2.08. The lowest BCUT2D eigenvalue weighted by molar-refractivity contribution is -0.137. The fourth-order valence-corrected chi connectivity index (χ4v) is 2.42. The number of aromatic nitrogens is 1. The van der Waals surface area contributed by atoms with E-state index in [-0.39, 0.29) is 5.03 Å². The quantitative estimate of drug-likeness (QED) is 0.779. The third kappa shape index (κ3) is 3.40. The highest BCUT2D eigenvalue weighted by Gasteiger charge is 2.30. The van der Waals surface area contributed by atoms with Gasteiger partial charge >= 0.3 is 6.18 Å². The van der Waals surface area contributed by atoms with Gasteiger partial charge in [0.2, 0.25) is 0 Å². The van der Waals surface area contributed by atoms with E-state index in [0.717, 1.165) is 35.0 Å². The molecule has 0 radical (unpaired) electrons. The first-order chi connectivity index (χ1) is 8.45. The first kappa shape index (κ1) is 13.2. The van der Waals surface area contributed by atoms with Gasteiger partial charge in [-0.15, -0.1) is 0 Å². The second-order valence-corrected chi connectivity index (χ2v) is 4.97. The van der Waals surface area contributed by atoms with Crippen LogP contribution in [0.5, 0.6) is 0 Å². The highest BCUT2D eigenvalue weighted by atomic mass is 35.5. The van der Waals surface area contributed by atoms with Gasteiger partial charge < -0.3 is 0 Å². The molecule has 0 saturated heterocycles. The van der Waals surface area contributed by atoms with Crippen LogP contribution in [0.25, 0.3) is 0 Å². The molecular weight excluding hydrogens is 283 g/mol. The first-order valence-electron chi connectivity index (χ1n) is 4.92. The smallest absolute Gasteiger partial charge is 0.250 e. The van der Waals surface area contributed by atoms with Crippen LogP contribution in [0.15, 0.2) is 52.5 Å². The summed E-state index contributed by atoms with van der Waals surface area (Å²) in [6, 6.07) is 8.84. The van der Waals surface area contributed by atoms with Gasteiger partial charge in [0.25, 0.3) is 0 Å². The molecule has 6 heteroatoms. The Labute approximate surface area is 111 Å². The van der Waals surface area contributed by atoms with Gasteiger partial charge in [-0.05, 0) is 30.3 Å². The van der Waals surface area contributed by atoms with Crippen molar-refractivity contribution in [3.63, 3.8) is 0 Å². The van der Waals surface area contributed by atoms with Crippen molar-refractivity contribution in [1.82, 2.24) is 4.98 Å². The minimum Gasteiger partial charge on any atom is -0.250 e. The Morgan fingerprint density at radius 1 is 1.11 bits per heavy atom. The molecule has 0 spiro atoms. The number of nitrogens with zero attached hydrogens (tertiary/aromatic N) is 1. The summed E-state index contributed by atoms with van der Waals surface area (Å²) in [5.74, 6) is 0. The molecule has 0 bridgehead atoms. The SMILES string of the molecule is FC(F)(F)c1ccnc(Sc2cccc(Cl)c2)c1. The van der Waals surface area contributed by atoms with Crippen molar-refractivity contribution in [3.8, 4) is 0 Å². The molecule has 0 aliphatic carbocycles. The number of hydrogen-bond acceptors (Lipinski definition) is 2. The fraction of sp³-hybridized carbons (Fsp3) is 0.0833. The number of halogens is 4. The van der Waals surface area contributed by atoms with Crippen LogP contribution in [0.1, 0.15) is 5.56 Å². The molecule has 2 rings (SSSR count). The molecule has 0 amide bonds. The molecule has 0 aliphatic heterocycles. The summed E-state index contributed by atoms with van der Waals surface area (Å²) in [6.45, 7) is 0. The average molecular weight is 290 g/mol. The summed E-state index contributed by atoms with van der Waals surface area (Å²) in [6.07, 6.45) is -3.21. The van der Waals surface area contributed by atoms with Crippen LogP contribution in [-0.4, -0.2) is 4.98 Å². The molecule has 2 aromatic rings. The predicted octanol–water partition coefficient (Wildman–Crippen LogP) is 4.91. The second kappa shape index (κ2) is 5.20. The molecule has 0 fully saturated rings. The number of pyridine rings is 1. The Kier molecular flexibility index (Phi) is 3.82. The Morgan fingerprint density at radius 2 is 1.89 bits per heavy atom. The van der Waals surface area contributed by atoms with E-state index in [1.165, 1.54) is 0 Å². The minimum atomic E-state index is -4.35. The summed E-state index contributed by atoms with van der Waals surface area (Å²) in [4.78, 5) is 4.64. The van der Waals surface area contributed by atoms with Crippen LogP contribution in [0, 0.1) is 0 Å². The van der Waals surface area contributed by atoms with Crippen molar-refractivity contribution in [2.45, 2.75) is 16.1 Å². The molecule has 0 unspecified atom stereocenters. The van der Waals surface area contributed by atoms with Crippen LogP contribution in [0.4, 0.5) is 13.2 Å². The lowest BCUT2D eigenvalue weighted by atomic mass is 10.3. The number of benzene rings is 1. The molecule has 1 aromatic heterocycles. The van der Waals surface area contributed by atoms with E-state index in [2.05, 4.69) is 4.98 Å². The lowest BCUT2D eigenvalue weighted by Gasteiger charge is -2.07. The maximum atomic E-state index is 12.5. The lowest BCUT2D eigenvalue weighted by Crippen LogP contribution is -2.04. The van der Waals surface area contributed by atoms with Gasteiger partial charge in [0, 0.05) is 16.1 Å². The van der Waals surface area contributed by atoms with Crippen molar-refractivity contribution in [1.29, 1.82) is 0 Å². The second-order valence-electron chi connectivity index (χ2n) is 3.44. The maximum Gasteiger partial charge on any atom is 0.416 e. The molecule has 18 heavy (non-hydrogen) atoms. The molecule has 0 aliphatic rings. The summed E-state index contributed by atoms with van der Waals surface area (Å²) in [5.41, 5.74) is -0.706. The zero-order valence-corrected chi connectivity index (χ0v) is 10.5. The predicted molar refractivity (Wildman–Crippen MR) is 64.8 cm³/mol. The highest BCUT2D eigenvalue weighted by Crippen LogP contribution is 2.33. The van der Waals surface area contributed by atoms with Gasteiger partial charge in [-0.3, -0.25) is 0 Å². The van der Waals surface area contributed by atoms with Gasteiger partial charge in [-0.25, -0.2) is 4.98 Å². The maximum absolute atomic E-state index is 12.5. The van der Waals surface area contributed by atoms with E-state index in [1.54, 1.807) is 24.3 Å². The zero-order valence-electron chi connectivity index (χ0n) is 8.91. The highest BCUT2D eigenvalue weighted by molar-refractivity contribution is 7.99. The molecule has 1 heterocycles. The molecule has 0 saturated carbocycles. The van der Waals surface area contributed by atoms with Gasteiger partial charge in [0.15, 0.2) is 0 Å². The van der Waals surface area contributed by atoms with Gasteiger partial charge in [-0.1, -0.05) is 29.4 Å². The van der Waals surface area contributed by atoms with Crippen LogP contribution < -0.4 is 0 Å². The third-order valence-corrected chi connectivity index (χ3v) is 3.24. The normalized spacial score (nSPS) is 11.6. The van der Waals surface area contributed by atoms with Crippen LogP contribution in [0.2, 0.25) is 5.02 Å². The van der Waals surface area contributed by atoms with Crippen molar-refractivity contribution >= 4 is 23.4 Å². The fourth-order valence-electron chi connectivity index (χ4n) is 1.29. The average Bonchev–Trinajstić information content (AvgIpc) is 2.28. The number of hydrogen-bond donors (Lipinski definition) is 0. The van der Waals surface area contributed by atoms with Crippen molar-refractivity contribution < 1.29 is 13.2 Å². The van der Waals surface area contributed by atoms with E-state index in [1.807, 2.05) is 0 Å². The van der Waals surface area contributed by atoms with E-state index < -0.39 is 11.7 Å². The minimum absolute atomic E-state index is 0.284. The van der Waals surface area contributed by atoms with E-state index >= 15 is 0 Å². The monoisotopic (exact) mass is 289 g/mol. The first-order valence-corrected chi connectivity index (χ1v) is 6.11. The Morgan fingerprint density at radius 3 is 2.56 bits per heavy atom. The molecule has 1 nitrogen and oxygen atoms in total. The van der Waals surface area contributed by atoms with Crippen LogP contribution in [-0.2, 0) is 6.18 Å². The van der Waals surface area contributed by atoms with Crippen LogP contribution in [0.3, 0.4) is 0 Å². The van der Waals surface area contributed by atoms with Crippen molar-refractivity contribution in [2.75, 3.05) is 0 Å². The van der Waals surface area contributed by atoms with Crippen molar-refractivity contribution in [2.24, 2.45) is 0 Å². The molecule has 94 valence electrons. The molecular formula is C12H7ClF3NS. The standard InChI is InChI=1S/C12H7ClF3NS/c13-9-2-1-3-10(7-9)18-11-6-8(4-5-17-11)12(14,15)16/h1-7H. The Hall–Kier alpha value is -1.20.